The summed E-state index contributed by atoms with van der Waals surface area (Å²) in [5, 5.41) is 9.49. The van der Waals surface area contributed by atoms with E-state index in [2.05, 4.69) is 26.8 Å². The van der Waals surface area contributed by atoms with Crippen LogP contribution in [0.15, 0.2) is 79.3 Å². The van der Waals surface area contributed by atoms with E-state index < -0.39 is 23.4 Å². The summed E-state index contributed by atoms with van der Waals surface area (Å²) in [6.07, 6.45) is 3.95. The van der Waals surface area contributed by atoms with Crippen molar-refractivity contribution < 1.29 is 32.5 Å². The molecule has 12 heteroatoms. The Morgan fingerprint density at radius 3 is 2.57 bits per heavy atom. The average molecular weight is 664 g/mol. The number of fused-ring (bicyclic) bond motifs is 1. The van der Waals surface area contributed by atoms with Crippen LogP contribution in [-0.2, 0) is 31.4 Å². The lowest BCUT2D eigenvalue weighted by molar-refractivity contribution is -0.0589. The van der Waals surface area contributed by atoms with Crippen molar-refractivity contribution in [3.05, 3.63) is 130 Å². The van der Waals surface area contributed by atoms with Crippen molar-refractivity contribution in [3.8, 4) is 29.0 Å². The summed E-state index contributed by atoms with van der Waals surface area (Å²) in [6.45, 7) is 0.887. The number of aryl methyl sites for hydroxylation is 1. The van der Waals surface area contributed by atoms with Gasteiger partial charge in [-0.25, -0.2) is 32.9 Å². The second kappa shape index (κ2) is 13.3. The minimum atomic E-state index is -1.08. The van der Waals surface area contributed by atoms with Crippen LogP contribution in [0.5, 0.6) is 5.88 Å². The number of ether oxygens (including phenoxy) is 2. The maximum absolute atomic E-state index is 15.6. The van der Waals surface area contributed by atoms with E-state index in [1.165, 1.54) is 24.3 Å². The number of rotatable bonds is 9. The highest BCUT2D eigenvalue weighted by atomic mass is 19.1. The number of hydrogen-bond donors (Lipinski definition) is 1. The Hall–Kier alpha value is -5.93. The summed E-state index contributed by atoms with van der Waals surface area (Å²) in [5.41, 5.74) is 2.81. The molecule has 9 nitrogen and oxygen atoms in total. The zero-order valence-corrected chi connectivity index (χ0v) is 26.2. The van der Waals surface area contributed by atoms with Gasteiger partial charge in [0, 0.05) is 42.8 Å². The molecule has 1 N–H and O–H groups in total. The van der Waals surface area contributed by atoms with Crippen molar-refractivity contribution in [2.24, 2.45) is 7.05 Å². The van der Waals surface area contributed by atoms with Gasteiger partial charge in [0.05, 0.1) is 47.5 Å². The monoisotopic (exact) mass is 663 g/mol. The summed E-state index contributed by atoms with van der Waals surface area (Å²) in [6, 6.07) is 16.0. The lowest BCUT2D eigenvalue weighted by Gasteiger charge is -2.27. The van der Waals surface area contributed by atoms with Crippen LogP contribution in [0.3, 0.4) is 0 Å². The average Bonchev–Trinajstić information content (AvgIpc) is 3.64. The Morgan fingerprint density at radius 2 is 1.84 bits per heavy atom. The van der Waals surface area contributed by atoms with E-state index in [1.807, 2.05) is 11.6 Å². The quantitative estimate of drug-likeness (QED) is 0.181. The van der Waals surface area contributed by atoms with Crippen LogP contribution in [0.25, 0.3) is 22.3 Å². The number of benzene rings is 3. The normalized spacial score (nSPS) is 13.9. The molecular weight excluding hydrogens is 635 g/mol. The Morgan fingerprint density at radius 1 is 1.00 bits per heavy atom. The molecule has 1 fully saturated rings. The predicted molar refractivity (Wildman–Crippen MR) is 173 cm³/mol. The summed E-state index contributed by atoms with van der Waals surface area (Å²) in [5.74, 6) is 3.46. The molecule has 1 saturated heterocycles. The fourth-order valence-corrected chi connectivity index (χ4v) is 5.52. The highest BCUT2D eigenvalue weighted by molar-refractivity contribution is 5.92. The first-order valence-corrected chi connectivity index (χ1v) is 15.4. The topological polar surface area (TPSA) is 104 Å². The van der Waals surface area contributed by atoms with Gasteiger partial charge in [0.15, 0.2) is 0 Å². The minimum Gasteiger partial charge on any atom is -0.478 e. The third-order valence-electron chi connectivity index (χ3n) is 8.32. The van der Waals surface area contributed by atoms with Gasteiger partial charge in [0.2, 0.25) is 5.88 Å². The van der Waals surface area contributed by atoms with Crippen molar-refractivity contribution in [2.45, 2.75) is 32.1 Å². The van der Waals surface area contributed by atoms with E-state index in [0.717, 1.165) is 18.6 Å². The molecule has 0 bridgehead atoms. The third-order valence-corrected chi connectivity index (χ3v) is 8.32. The number of carbonyl (C=O) groups is 1. The van der Waals surface area contributed by atoms with Crippen LogP contribution in [0.4, 0.5) is 13.2 Å². The number of aromatic carboxylic acids is 1. The van der Waals surface area contributed by atoms with Crippen LogP contribution in [0, 0.1) is 29.3 Å². The number of hydrogen-bond acceptors (Lipinski definition) is 6. The molecule has 1 aliphatic heterocycles. The molecule has 1 aliphatic rings. The van der Waals surface area contributed by atoms with Gasteiger partial charge in [0.1, 0.15) is 35.6 Å². The zero-order valence-electron chi connectivity index (χ0n) is 26.2. The molecule has 0 amide bonds. The largest absolute Gasteiger partial charge is 0.478 e. The molecule has 7 rings (SSSR count). The van der Waals surface area contributed by atoms with Gasteiger partial charge in [-0.3, -0.25) is 0 Å². The molecule has 3 aromatic heterocycles. The van der Waals surface area contributed by atoms with E-state index >= 15 is 8.78 Å². The fraction of sp³-hybridized carbons (Fsp3) is 0.189. The van der Waals surface area contributed by atoms with Gasteiger partial charge in [-0.1, -0.05) is 18.1 Å². The molecule has 49 heavy (non-hydrogen) atoms. The molecule has 1 atom stereocenters. The van der Waals surface area contributed by atoms with Crippen molar-refractivity contribution in [1.29, 1.82) is 0 Å². The Labute approximate surface area is 278 Å². The van der Waals surface area contributed by atoms with E-state index in [4.69, 9.17) is 9.47 Å². The number of halogens is 3. The molecule has 3 aromatic carbocycles. The van der Waals surface area contributed by atoms with Crippen molar-refractivity contribution >= 4 is 17.0 Å². The van der Waals surface area contributed by atoms with Crippen LogP contribution in [0.2, 0.25) is 0 Å². The lowest BCUT2D eigenvalue weighted by Crippen LogP contribution is -2.31. The summed E-state index contributed by atoms with van der Waals surface area (Å²) in [4.78, 5) is 24.6. The molecule has 6 aromatic rings. The maximum atomic E-state index is 15.6. The maximum Gasteiger partial charge on any atom is 0.335 e. The van der Waals surface area contributed by atoms with Crippen LogP contribution < -0.4 is 4.74 Å². The molecular formula is C37H28F3N5O4. The van der Waals surface area contributed by atoms with Crippen LogP contribution in [-0.4, -0.2) is 47.9 Å². The molecule has 0 spiro atoms. The molecule has 1 unspecified atom stereocenters. The first-order valence-electron chi connectivity index (χ1n) is 15.4. The van der Waals surface area contributed by atoms with Gasteiger partial charge in [-0.2, -0.15) is 0 Å². The van der Waals surface area contributed by atoms with Gasteiger partial charge < -0.3 is 23.7 Å². The number of carboxylic acids is 1. The van der Waals surface area contributed by atoms with E-state index in [-0.39, 0.29) is 53.0 Å². The molecule has 0 radical (unpaired) electrons. The summed E-state index contributed by atoms with van der Waals surface area (Å²) < 4.78 is 60.9. The first-order chi connectivity index (χ1) is 23.7. The predicted octanol–water partition coefficient (Wildman–Crippen LogP) is 6.31. The Bertz CT molecular complexity index is 2280. The van der Waals surface area contributed by atoms with Crippen LogP contribution in [0.1, 0.15) is 45.0 Å². The molecule has 0 aliphatic carbocycles. The number of pyridine rings is 1. The van der Waals surface area contributed by atoms with Gasteiger partial charge in [-0.05, 0) is 66.4 Å². The lowest BCUT2D eigenvalue weighted by atomic mass is 10.0. The summed E-state index contributed by atoms with van der Waals surface area (Å²) in [7, 11) is 1.81. The van der Waals surface area contributed by atoms with Crippen LogP contribution >= 0.6 is 0 Å². The fourth-order valence-electron chi connectivity index (χ4n) is 5.52. The smallest absolute Gasteiger partial charge is 0.335 e. The SMILES string of the molecule is Cn1cncc1C#Cc1ccc(COc2cccc(-c3cc(F)c(Cc4nc5ccc(C(=O)O)cc5n4CC4CCO4)cc3F)n2)c(F)c1. The van der Waals surface area contributed by atoms with Crippen molar-refractivity contribution in [1.82, 2.24) is 24.1 Å². The Balaban J connectivity index is 1.09. The number of nitrogens with zero attached hydrogens (tertiary/aromatic N) is 5. The van der Waals surface area contributed by atoms with Crippen molar-refractivity contribution in [2.75, 3.05) is 6.61 Å². The van der Waals surface area contributed by atoms with Gasteiger partial charge >= 0.3 is 5.97 Å². The summed E-state index contributed by atoms with van der Waals surface area (Å²) >= 11 is 0. The van der Waals surface area contributed by atoms with E-state index in [0.29, 0.717) is 41.3 Å². The highest BCUT2D eigenvalue weighted by Gasteiger charge is 2.24. The van der Waals surface area contributed by atoms with E-state index in [1.54, 1.807) is 47.4 Å². The number of aromatic nitrogens is 5. The zero-order chi connectivity index (χ0) is 34.1. The van der Waals surface area contributed by atoms with Crippen molar-refractivity contribution in [3.63, 3.8) is 0 Å². The number of carboxylic acid groups (broad SMARTS) is 1. The second-order valence-corrected chi connectivity index (χ2v) is 11.6. The standard InChI is InChI=1S/C37H28F3N5O4/c1-44-21-41-18-26(44)9-6-22-5-7-24(29(38)13-22)20-49-36-4-2-3-32(43-36)28-17-30(39)25(14-31(28)40)16-35-42-33-10-8-23(37(46)47)15-34(33)45(35)19-27-11-12-48-27/h2-5,7-8,10,13-15,17-18,21,27H,11-12,16,19-20H2,1H3,(H,46,47). The van der Waals surface area contributed by atoms with E-state index in [9.17, 15) is 14.3 Å². The molecule has 246 valence electrons. The molecule has 4 heterocycles. The second-order valence-electron chi connectivity index (χ2n) is 11.6. The Kier molecular flexibility index (Phi) is 8.59. The molecule has 0 saturated carbocycles. The van der Waals surface area contributed by atoms with Gasteiger partial charge in [0.25, 0.3) is 0 Å². The number of imidazole rings is 2. The minimum absolute atomic E-state index is 0.0390. The van der Waals surface area contributed by atoms with Gasteiger partial charge in [-0.15, -0.1) is 0 Å². The highest BCUT2D eigenvalue weighted by Crippen LogP contribution is 2.29. The first kappa shape index (κ1) is 31.7. The third kappa shape index (κ3) is 6.75.